The molecular weight excluding hydrogens is 410 g/mol. The second-order valence-corrected chi connectivity index (χ2v) is 9.05. The summed E-state index contributed by atoms with van der Waals surface area (Å²) >= 11 is 0. The fourth-order valence-electron chi connectivity index (χ4n) is 4.32. The molecule has 8 nitrogen and oxygen atoms in total. The van der Waals surface area contributed by atoms with Gasteiger partial charge in [-0.1, -0.05) is 39.3 Å². The summed E-state index contributed by atoms with van der Waals surface area (Å²) in [6.07, 6.45) is 3.80. The maximum atomic E-state index is 12.2. The van der Waals surface area contributed by atoms with E-state index in [-0.39, 0.29) is 24.3 Å². The van der Waals surface area contributed by atoms with Gasteiger partial charge in [0.15, 0.2) is 0 Å². The third-order valence-corrected chi connectivity index (χ3v) is 6.22. The summed E-state index contributed by atoms with van der Waals surface area (Å²) in [5, 5.41) is 14.2. The Hall–Kier alpha value is -2.61. The summed E-state index contributed by atoms with van der Waals surface area (Å²) in [6.45, 7) is 7.77. The van der Waals surface area contributed by atoms with E-state index in [4.69, 9.17) is 9.84 Å². The van der Waals surface area contributed by atoms with Crippen LogP contribution < -0.4 is 15.4 Å². The van der Waals surface area contributed by atoms with E-state index in [1.807, 2.05) is 12.1 Å². The Bertz CT molecular complexity index is 798. The monoisotopic (exact) mass is 447 g/mol. The Morgan fingerprint density at radius 2 is 2.00 bits per heavy atom. The minimum Gasteiger partial charge on any atom is -0.480 e. The van der Waals surface area contributed by atoms with Crippen LogP contribution in [0.15, 0.2) is 24.3 Å². The van der Waals surface area contributed by atoms with Crippen molar-refractivity contribution in [1.82, 2.24) is 15.5 Å². The van der Waals surface area contributed by atoms with Crippen molar-refractivity contribution < 1.29 is 24.2 Å². The molecule has 0 aromatic heterocycles. The van der Waals surface area contributed by atoms with E-state index in [0.717, 1.165) is 25.9 Å². The van der Waals surface area contributed by atoms with Gasteiger partial charge >= 0.3 is 12.1 Å². The van der Waals surface area contributed by atoms with Crippen molar-refractivity contribution in [1.29, 1.82) is 0 Å². The lowest BCUT2D eigenvalue weighted by atomic mass is 9.74. The highest BCUT2D eigenvalue weighted by Gasteiger charge is 2.33. The Morgan fingerprint density at radius 1 is 1.25 bits per heavy atom. The highest BCUT2D eigenvalue weighted by Crippen LogP contribution is 2.37. The lowest BCUT2D eigenvalue weighted by Crippen LogP contribution is -2.45. The Morgan fingerprint density at radius 3 is 2.66 bits per heavy atom. The van der Waals surface area contributed by atoms with Gasteiger partial charge in [-0.3, -0.25) is 4.79 Å². The summed E-state index contributed by atoms with van der Waals surface area (Å²) in [6, 6.07) is 6.75. The van der Waals surface area contributed by atoms with Gasteiger partial charge in [0, 0.05) is 24.9 Å². The van der Waals surface area contributed by atoms with Crippen molar-refractivity contribution >= 4 is 18.0 Å². The number of likely N-dealkylation sites (tertiary alicyclic amines) is 1. The van der Waals surface area contributed by atoms with Gasteiger partial charge in [0.1, 0.15) is 11.8 Å². The molecule has 2 atom stereocenters. The zero-order valence-corrected chi connectivity index (χ0v) is 19.6. The first-order chi connectivity index (χ1) is 15.2. The van der Waals surface area contributed by atoms with Crippen molar-refractivity contribution in [2.24, 2.45) is 5.92 Å². The largest absolute Gasteiger partial charge is 0.480 e. The van der Waals surface area contributed by atoms with Gasteiger partial charge in [-0.2, -0.15) is 0 Å². The van der Waals surface area contributed by atoms with E-state index >= 15 is 0 Å². The first-order valence-electron chi connectivity index (χ1n) is 11.4. The van der Waals surface area contributed by atoms with Gasteiger partial charge in [-0.05, 0) is 56.5 Å². The molecule has 0 spiro atoms. The maximum Gasteiger partial charge on any atom is 0.412 e. The third-order valence-electron chi connectivity index (χ3n) is 6.22. The number of ether oxygens (including phenoxy) is 1. The fourth-order valence-corrected chi connectivity index (χ4v) is 4.32. The topological polar surface area (TPSA) is 108 Å². The number of benzene rings is 1. The highest BCUT2D eigenvalue weighted by molar-refractivity contribution is 5.84. The summed E-state index contributed by atoms with van der Waals surface area (Å²) in [4.78, 5) is 37.7. The van der Waals surface area contributed by atoms with Crippen LogP contribution in [0.25, 0.3) is 0 Å². The third kappa shape index (κ3) is 7.22. The van der Waals surface area contributed by atoms with Gasteiger partial charge in [0.2, 0.25) is 5.91 Å². The molecule has 1 aromatic rings. The van der Waals surface area contributed by atoms with Crippen LogP contribution in [0.3, 0.4) is 0 Å². The minimum atomic E-state index is -1.08. The van der Waals surface area contributed by atoms with Gasteiger partial charge in [0.05, 0.1) is 0 Å². The van der Waals surface area contributed by atoms with Crippen LogP contribution in [-0.4, -0.2) is 60.7 Å². The van der Waals surface area contributed by atoms with Crippen LogP contribution in [0.2, 0.25) is 0 Å². The Balaban J connectivity index is 1.91. The number of hydrogen-bond acceptors (Lipinski definition) is 5. The second kappa shape index (κ2) is 11.9. The molecule has 178 valence electrons. The van der Waals surface area contributed by atoms with Crippen LogP contribution in [0.1, 0.15) is 58.4 Å². The highest BCUT2D eigenvalue weighted by atomic mass is 16.6. The molecule has 1 fully saturated rings. The Kier molecular flexibility index (Phi) is 9.50. The number of carboxylic acids is 1. The Labute approximate surface area is 190 Å². The molecule has 0 aliphatic carbocycles. The van der Waals surface area contributed by atoms with E-state index in [2.05, 4.69) is 35.6 Å². The molecule has 1 aliphatic heterocycles. The molecule has 1 aliphatic rings. The first kappa shape index (κ1) is 25.6. The maximum absolute atomic E-state index is 12.2. The number of rotatable bonds is 9. The van der Waals surface area contributed by atoms with Crippen LogP contribution in [0, 0.1) is 5.92 Å². The number of hydrogen-bond donors (Lipinski definition) is 3. The van der Waals surface area contributed by atoms with Gasteiger partial charge in [0.25, 0.3) is 0 Å². The number of carboxylic acid groups (broad SMARTS) is 1. The van der Waals surface area contributed by atoms with E-state index in [9.17, 15) is 14.4 Å². The molecule has 2 amide bonds. The van der Waals surface area contributed by atoms with Crippen LogP contribution in [-0.2, 0) is 15.0 Å². The number of nitrogens with zero attached hydrogens (tertiary/aromatic N) is 1. The summed E-state index contributed by atoms with van der Waals surface area (Å²) in [5.74, 6) is -1.28. The number of nitrogens with one attached hydrogen (secondary N) is 2. The van der Waals surface area contributed by atoms with Crippen molar-refractivity contribution in [2.75, 3.05) is 26.7 Å². The summed E-state index contributed by atoms with van der Waals surface area (Å²) in [7, 11) is 2.15. The predicted molar refractivity (Wildman–Crippen MR) is 123 cm³/mol. The van der Waals surface area contributed by atoms with E-state index < -0.39 is 24.0 Å². The number of carbonyl (C=O) groups excluding carboxylic acids is 2. The van der Waals surface area contributed by atoms with Gasteiger partial charge < -0.3 is 25.4 Å². The number of likely N-dealkylation sites (N-methyl/N-ethyl adjacent to an activating group) is 1. The second-order valence-electron chi connectivity index (χ2n) is 9.05. The molecule has 2 rings (SSSR count). The van der Waals surface area contributed by atoms with Crippen molar-refractivity contribution in [3.8, 4) is 5.75 Å². The molecule has 1 aromatic carbocycles. The number of amides is 2. The van der Waals surface area contributed by atoms with Crippen molar-refractivity contribution in [3.63, 3.8) is 0 Å². The standard InChI is InChI=1S/C24H37N3O5/c1-5-24(12-6-7-14-27(4)16-24)18-9-8-10-19(15-18)32-23(31)25-13-11-20(28)26-21(17(2)3)22(29)30/h8-10,15,17,21H,5-7,11-14,16H2,1-4H3,(H,25,31)(H,26,28)(H,29,30)/t21-,24?/m0/s1. The van der Waals surface area contributed by atoms with Gasteiger partial charge in [-0.25, -0.2) is 9.59 Å². The summed E-state index contributed by atoms with van der Waals surface area (Å²) in [5.41, 5.74) is 1.21. The molecular formula is C24H37N3O5. The molecule has 0 radical (unpaired) electrons. The van der Waals surface area contributed by atoms with Crippen LogP contribution in [0.4, 0.5) is 4.79 Å². The normalized spacial score (nSPS) is 20.3. The van der Waals surface area contributed by atoms with E-state index in [1.54, 1.807) is 19.9 Å². The van der Waals surface area contributed by atoms with Crippen molar-refractivity contribution in [3.05, 3.63) is 29.8 Å². The van der Waals surface area contributed by atoms with Crippen molar-refractivity contribution in [2.45, 2.75) is 64.3 Å². The zero-order chi connectivity index (χ0) is 23.7. The molecule has 1 saturated heterocycles. The minimum absolute atomic E-state index is 0.0308. The molecule has 1 unspecified atom stereocenters. The predicted octanol–water partition coefficient (Wildman–Crippen LogP) is 3.15. The quantitative estimate of drug-likeness (QED) is 0.537. The zero-order valence-electron chi connectivity index (χ0n) is 19.6. The van der Waals surface area contributed by atoms with E-state index in [1.165, 1.54) is 18.4 Å². The number of carbonyl (C=O) groups is 3. The lowest BCUT2D eigenvalue weighted by Gasteiger charge is -2.35. The number of aliphatic carboxylic acids is 1. The molecule has 3 N–H and O–H groups in total. The smallest absolute Gasteiger partial charge is 0.412 e. The molecule has 8 heteroatoms. The molecule has 32 heavy (non-hydrogen) atoms. The average molecular weight is 448 g/mol. The lowest BCUT2D eigenvalue weighted by molar-refractivity contribution is -0.143. The average Bonchev–Trinajstić information content (AvgIpc) is 2.93. The molecule has 1 heterocycles. The van der Waals surface area contributed by atoms with E-state index in [0.29, 0.717) is 5.75 Å². The van der Waals surface area contributed by atoms with Gasteiger partial charge in [-0.15, -0.1) is 0 Å². The van der Waals surface area contributed by atoms with Crippen LogP contribution >= 0.6 is 0 Å². The van der Waals surface area contributed by atoms with Crippen LogP contribution in [0.5, 0.6) is 5.75 Å². The summed E-state index contributed by atoms with van der Waals surface area (Å²) < 4.78 is 5.44. The molecule has 0 bridgehead atoms. The molecule has 0 saturated carbocycles. The first-order valence-corrected chi connectivity index (χ1v) is 11.4. The SMILES string of the molecule is CCC1(c2cccc(OC(=O)NCCC(=O)N[C@H](C(=O)O)C(C)C)c2)CCCCN(C)C1. The fraction of sp³-hybridized carbons (Fsp3) is 0.625.